The molecule has 0 aliphatic heterocycles. The largest absolute Gasteiger partial charge is 0.487 e. The van der Waals surface area contributed by atoms with Gasteiger partial charge in [-0.3, -0.25) is 14.2 Å². The molecule has 8 heteroatoms. The van der Waals surface area contributed by atoms with Gasteiger partial charge in [-0.2, -0.15) is 0 Å². The smallest absolute Gasteiger partial charge is 0.332 e. The van der Waals surface area contributed by atoms with E-state index >= 15 is 0 Å². The van der Waals surface area contributed by atoms with Crippen LogP contribution in [-0.2, 0) is 24.3 Å². The number of thiophene rings is 1. The van der Waals surface area contributed by atoms with Crippen molar-refractivity contribution >= 4 is 27.5 Å². The molecule has 1 N–H and O–H groups in total. The summed E-state index contributed by atoms with van der Waals surface area (Å²) in [6, 6.07) is 9.65. The predicted molar refractivity (Wildman–Crippen MR) is 99.4 cm³/mol. The molecule has 3 aromatic rings. The van der Waals surface area contributed by atoms with Gasteiger partial charge < -0.3 is 9.84 Å². The molecular weight excluding hydrogens is 356 g/mol. The van der Waals surface area contributed by atoms with Crippen molar-refractivity contribution in [2.75, 3.05) is 7.11 Å². The normalized spacial score (nSPS) is 11.0. The monoisotopic (exact) mass is 374 g/mol. The maximum Gasteiger partial charge on any atom is 0.332 e. The number of carboxylic acids is 1. The van der Waals surface area contributed by atoms with Crippen LogP contribution in [0.2, 0.25) is 0 Å². The fourth-order valence-corrected chi connectivity index (χ4v) is 4.06. The van der Waals surface area contributed by atoms with Crippen molar-refractivity contribution in [1.29, 1.82) is 0 Å². The Morgan fingerprint density at radius 3 is 2.50 bits per heavy atom. The summed E-state index contributed by atoms with van der Waals surface area (Å²) >= 11 is 1.22. The first-order valence-corrected chi connectivity index (χ1v) is 8.82. The first-order valence-electron chi connectivity index (χ1n) is 8.00. The topological polar surface area (TPSA) is 90.5 Å². The van der Waals surface area contributed by atoms with Crippen LogP contribution in [0, 0.1) is 6.92 Å². The molecule has 1 aromatic carbocycles. The molecule has 0 atom stereocenters. The number of aromatic nitrogens is 2. The Kier molecular flexibility index (Phi) is 4.94. The number of hydrogen-bond acceptors (Lipinski definition) is 5. The molecule has 0 aliphatic carbocycles. The van der Waals surface area contributed by atoms with Crippen LogP contribution in [-0.4, -0.2) is 27.3 Å². The van der Waals surface area contributed by atoms with Gasteiger partial charge in [0.05, 0.1) is 12.5 Å². The molecule has 26 heavy (non-hydrogen) atoms. The van der Waals surface area contributed by atoms with Crippen molar-refractivity contribution in [2.24, 2.45) is 0 Å². The summed E-state index contributed by atoms with van der Waals surface area (Å²) in [7, 11) is 1.50. The number of fused-ring (bicyclic) bond motifs is 1. The minimum Gasteiger partial charge on any atom is -0.487 e. The first-order chi connectivity index (χ1) is 12.4. The summed E-state index contributed by atoms with van der Waals surface area (Å²) in [5.74, 6) is -1.24. The molecule has 0 spiro atoms. The van der Waals surface area contributed by atoms with Gasteiger partial charge in [0.15, 0.2) is 5.06 Å². The number of nitrogens with zero attached hydrogens (tertiary/aromatic N) is 2. The third-order valence-electron chi connectivity index (χ3n) is 4.20. The summed E-state index contributed by atoms with van der Waals surface area (Å²) in [5.41, 5.74) is 0.444. The molecular formula is C18H18N2O5S. The van der Waals surface area contributed by atoms with Gasteiger partial charge in [0, 0.05) is 12.1 Å². The number of benzene rings is 1. The molecule has 0 amide bonds. The van der Waals surface area contributed by atoms with Gasteiger partial charge >= 0.3 is 11.7 Å². The molecule has 2 heterocycles. The average molecular weight is 374 g/mol. The number of methoxy groups -OCH3 is 1. The van der Waals surface area contributed by atoms with E-state index in [0.29, 0.717) is 33.8 Å². The van der Waals surface area contributed by atoms with Gasteiger partial charge in [-0.15, -0.1) is 0 Å². The Morgan fingerprint density at radius 1 is 1.19 bits per heavy atom. The Hall–Kier alpha value is -2.87. The van der Waals surface area contributed by atoms with Gasteiger partial charge in [-0.25, -0.2) is 9.36 Å². The van der Waals surface area contributed by atoms with E-state index in [9.17, 15) is 14.4 Å². The highest BCUT2D eigenvalue weighted by Crippen LogP contribution is 2.34. The average Bonchev–Trinajstić information content (AvgIpc) is 2.96. The maximum atomic E-state index is 12.8. The SMILES string of the molecule is COc1sc2c(c1C)c(=O)n(CC(=O)O)c(=O)n2CCc1ccccc1. The second kappa shape index (κ2) is 7.17. The highest BCUT2D eigenvalue weighted by molar-refractivity contribution is 7.20. The molecule has 0 saturated heterocycles. The minimum absolute atomic E-state index is 0.334. The van der Waals surface area contributed by atoms with Crippen molar-refractivity contribution in [2.45, 2.75) is 26.4 Å². The van der Waals surface area contributed by atoms with E-state index in [4.69, 9.17) is 9.84 Å². The van der Waals surface area contributed by atoms with E-state index in [1.54, 1.807) is 6.92 Å². The second-order valence-electron chi connectivity index (χ2n) is 5.85. The predicted octanol–water partition coefficient (Wildman–Crippen LogP) is 1.87. The third-order valence-corrected chi connectivity index (χ3v) is 5.47. The zero-order valence-electron chi connectivity index (χ0n) is 14.4. The molecule has 2 aromatic heterocycles. The lowest BCUT2D eigenvalue weighted by Crippen LogP contribution is -2.41. The summed E-state index contributed by atoms with van der Waals surface area (Å²) in [6.07, 6.45) is 0.584. The van der Waals surface area contributed by atoms with Crippen LogP contribution in [0.25, 0.3) is 10.2 Å². The van der Waals surface area contributed by atoms with Crippen LogP contribution < -0.4 is 16.0 Å². The molecule has 0 unspecified atom stereocenters. The Bertz CT molecular complexity index is 1080. The van der Waals surface area contributed by atoms with Crippen LogP contribution in [0.5, 0.6) is 5.06 Å². The summed E-state index contributed by atoms with van der Waals surface area (Å²) < 4.78 is 7.54. The fourth-order valence-electron chi connectivity index (χ4n) is 2.93. The quantitative estimate of drug-likeness (QED) is 0.711. The zero-order valence-corrected chi connectivity index (χ0v) is 15.2. The summed E-state index contributed by atoms with van der Waals surface area (Å²) in [6.45, 7) is 1.40. The van der Waals surface area contributed by atoms with Gasteiger partial charge in [0.25, 0.3) is 5.56 Å². The molecule has 3 rings (SSSR count). The van der Waals surface area contributed by atoms with Gasteiger partial charge in [0.2, 0.25) is 0 Å². The first kappa shape index (κ1) is 17.9. The van der Waals surface area contributed by atoms with Crippen LogP contribution in [0.3, 0.4) is 0 Å². The van der Waals surface area contributed by atoms with Crippen molar-refractivity contribution in [3.05, 3.63) is 62.3 Å². The van der Waals surface area contributed by atoms with E-state index in [1.807, 2.05) is 30.3 Å². The Labute approximate surface area is 152 Å². The highest BCUT2D eigenvalue weighted by Gasteiger charge is 2.21. The second-order valence-corrected chi connectivity index (χ2v) is 6.82. The number of ether oxygens (including phenoxy) is 1. The summed E-state index contributed by atoms with van der Waals surface area (Å²) in [5, 5.41) is 9.95. The van der Waals surface area contributed by atoms with Crippen molar-refractivity contribution in [1.82, 2.24) is 9.13 Å². The van der Waals surface area contributed by atoms with E-state index in [2.05, 4.69) is 0 Å². The lowest BCUT2D eigenvalue weighted by Gasteiger charge is -2.11. The molecule has 7 nitrogen and oxygen atoms in total. The molecule has 136 valence electrons. The molecule has 0 saturated carbocycles. The molecule has 0 radical (unpaired) electrons. The number of rotatable bonds is 6. The van der Waals surface area contributed by atoms with Crippen LogP contribution >= 0.6 is 11.3 Å². The Morgan fingerprint density at radius 2 is 1.88 bits per heavy atom. The number of hydrogen-bond donors (Lipinski definition) is 1. The number of aryl methyl sites for hydroxylation is 3. The zero-order chi connectivity index (χ0) is 18.8. The van der Waals surface area contributed by atoms with Crippen LogP contribution in [0.4, 0.5) is 0 Å². The van der Waals surface area contributed by atoms with Gasteiger partial charge in [-0.05, 0) is 18.9 Å². The van der Waals surface area contributed by atoms with Gasteiger partial charge in [-0.1, -0.05) is 41.7 Å². The molecule has 0 bridgehead atoms. The fraction of sp³-hybridized carbons (Fsp3) is 0.278. The standard InChI is InChI=1S/C18H18N2O5S/c1-11-14-15(23)20(10-13(21)22)18(24)19(16(14)26-17(11)25-2)9-8-12-6-4-3-5-7-12/h3-7H,8-10H2,1-2H3,(H,21,22). The maximum absolute atomic E-state index is 12.8. The number of carbonyl (C=O) groups is 1. The number of aliphatic carboxylic acids is 1. The van der Waals surface area contributed by atoms with E-state index in [0.717, 1.165) is 10.1 Å². The molecule has 0 aliphatic rings. The highest BCUT2D eigenvalue weighted by atomic mass is 32.1. The van der Waals surface area contributed by atoms with Crippen LogP contribution in [0.15, 0.2) is 39.9 Å². The van der Waals surface area contributed by atoms with E-state index < -0.39 is 23.8 Å². The van der Waals surface area contributed by atoms with E-state index in [-0.39, 0.29) is 0 Å². The van der Waals surface area contributed by atoms with Crippen molar-refractivity contribution in [3.63, 3.8) is 0 Å². The lowest BCUT2D eigenvalue weighted by atomic mass is 10.1. The van der Waals surface area contributed by atoms with Crippen molar-refractivity contribution in [3.8, 4) is 5.06 Å². The third kappa shape index (κ3) is 3.15. The van der Waals surface area contributed by atoms with E-state index in [1.165, 1.54) is 23.0 Å². The Balaban J connectivity index is 2.20. The minimum atomic E-state index is -1.24. The molecule has 0 fully saturated rings. The van der Waals surface area contributed by atoms with Crippen molar-refractivity contribution < 1.29 is 14.6 Å². The van der Waals surface area contributed by atoms with Gasteiger partial charge in [0.1, 0.15) is 11.4 Å². The number of carboxylic acid groups (broad SMARTS) is 1. The summed E-state index contributed by atoms with van der Waals surface area (Å²) in [4.78, 5) is 37.1. The lowest BCUT2D eigenvalue weighted by molar-refractivity contribution is -0.137. The van der Waals surface area contributed by atoms with Crippen LogP contribution in [0.1, 0.15) is 11.1 Å².